The van der Waals surface area contributed by atoms with Gasteiger partial charge in [-0.2, -0.15) is 0 Å². The molecule has 3 aliphatic rings. The summed E-state index contributed by atoms with van der Waals surface area (Å²) in [4.78, 5) is 17.6. The molecule has 0 radical (unpaired) electrons. The molecule has 1 atom stereocenters. The maximum absolute atomic E-state index is 12.3. The lowest BCUT2D eigenvalue weighted by Gasteiger charge is -2.38. The predicted molar refractivity (Wildman–Crippen MR) is 107 cm³/mol. The Kier molecular flexibility index (Phi) is 4.00. The van der Waals surface area contributed by atoms with Crippen LogP contribution in [0.2, 0.25) is 0 Å². The van der Waals surface area contributed by atoms with Crippen LogP contribution in [0.4, 0.5) is 5.69 Å². The number of ketones is 1. The van der Waals surface area contributed by atoms with E-state index in [1.54, 1.807) is 0 Å². The van der Waals surface area contributed by atoms with Crippen LogP contribution in [0.15, 0.2) is 30.3 Å². The van der Waals surface area contributed by atoms with Crippen LogP contribution >= 0.6 is 0 Å². The molecular formula is C23H28N2O. The summed E-state index contributed by atoms with van der Waals surface area (Å²) in [5.41, 5.74) is 3.45. The van der Waals surface area contributed by atoms with E-state index in [9.17, 15) is 4.79 Å². The van der Waals surface area contributed by atoms with E-state index in [1.165, 1.54) is 54.3 Å². The van der Waals surface area contributed by atoms with Crippen molar-refractivity contribution < 1.29 is 4.79 Å². The average Bonchev–Trinajstić information content (AvgIpc) is 2.79. The maximum Gasteiger partial charge on any atom is 0.167 e. The highest BCUT2D eigenvalue weighted by Crippen LogP contribution is 2.37. The Balaban J connectivity index is 1.42. The molecule has 136 valence electrons. The summed E-state index contributed by atoms with van der Waals surface area (Å²) in [5, 5.41) is 2.48. The van der Waals surface area contributed by atoms with Crippen LogP contribution in [0.3, 0.4) is 0 Å². The topological polar surface area (TPSA) is 23.6 Å². The predicted octanol–water partition coefficient (Wildman–Crippen LogP) is 4.28. The zero-order chi connectivity index (χ0) is 17.7. The molecule has 0 N–H and O–H groups in total. The second-order valence-corrected chi connectivity index (χ2v) is 8.38. The van der Waals surface area contributed by atoms with E-state index in [-0.39, 0.29) is 5.78 Å². The molecule has 0 bridgehead atoms. The van der Waals surface area contributed by atoms with Crippen molar-refractivity contribution in [3.05, 3.63) is 41.5 Å². The van der Waals surface area contributed by atoms with Gasteiger partial charge in [0.15, 0.2) is 5.78 Å². The minimum Gasteiger partial charge on any atom is -0.370 e. The number of carbonyl (C=O) groups is 1. The third kappa shape index (κ3) is 2.56. The molecule has 3 heteroatoms. The van der Waals surface area contributed by atoms with Crippen molar-refractivity contribution in [1.82, 2.24) is 4.90 Å². The summed E-state index contributed by atoms with van der Waals surface area (Å²) in [6, 6.07) is 11.4. The molecule has 5 rings (SSSR count). The Bertz CT molecular complexity index is 855. The Morgan fingerprint density at radius 3 is 2.69 bits per heavy atom. The van der Waals surface area contributed by atoms with Crippen LogP contribution in [-0.4, -0.2) is 42.9 Å². The van der Waals surface area contributed by atoms with Gasteiger partial charge in [0, 0.05) is 55.3 Å². The second kappa shape index (κ2) is 6.38. The molecule has 1 saturated carbocycles. The van der Waals surface area contributed by atoms with Crippen molar-refractivity contribution in [1.29, 1.82) is 0 Å². The third-order valence-electron chi connectivity index (χ3n) is 7.03. The van der Waals surface area contributed by atoms with Gasteiger partial charge >= 0.3 is 0 Å². The van der Waals surface area contributed by atoms with Gasteiger partial charge in [0.25, 0.3) is 0 Å². The fraction of sp³-hybridized carbons (Fsp3) is 0.522. The quantitative estimate of drug-likeness (QED) is 0.827. The van der Waals surface area contributed by atoms with Crippen molar-refractivity contribution in [2.75, 3.05) is 31.1 Å². The van der Waals surface area contributed by atoms with Gasteiger partial charge in [-0.25, -0.2) is 0 Å². The normalized spacial score (nSPS) is 22.5. The molecule has 2 aromatic rings. The molecule has 0 amide bonds. The van der Waals surface area contributed by atoms with Crippen LogP contribution < -0.4 is 4.90 Å². The highest BCUT2D eigenvalue weighted by atomic mass is 16.1. The van der Waals surface area contributed by atoms with Crippen molar-refractivity contribution in [2.24, 2.45) is 5.92 Å². The van der Waals surface area contributed by atoms with E-state index in [1.807, 2.05) is 6.07 Å². The summed E-state index contributed by atoms with van der Waals surface area (Å²) in [6.45, 7) is 7.00. The highest BCUT2D eigenvalue weighted by Gasteiger charge is 2.30. The molecule has 2 aliphatic carbocycles. The minimum absolute atomic E-state index is 0.277. The van der Waals surface area contributed by atoms with E-state index in [2.05, 4.69) is 41.0 Å². The standard InChI is InChI=1S/C23H28N2O/c1-16(17-5-2-6-17)24-11-4-12-25(14-13-24)21-10-9-18-15-22(26)20-8-3-7-19(21)23(18)20/h3,7-10,16-17H,2,4-6,11-15H2,1H3. The fourth-order valence-electron chi connectivity index (χ4n) is 5.19. The molecule has 26 heavy (non-hydrogen) atoms. The molecule has 0 aromatic heterocycles. The smallest absolute Gasteiger partial charge is 0.167 e. The molecule has 0 spiro atoms. The van der Waals surface area contributed by atoms with Gasteiger partial charge in [-0.05, 0) is 49.1 Å². The van der Waals surface area contributed by atoms with E-state index in [4.69, 9.17) is 0 Å². The Labute approximate surface area is 156 Å². The highest BCUT2D eigenvalue weighted by molar-refractivity contribution is 6.17. The first-order valence-corrected chi connectivity index (χ1v) is 10.3. The lowest BCUT2D eigenvalue weighted by Crippen LogP contribution is -2.43. The van der Waals surface area contributed by atoms with E-state index in [0.29, 0.717) is 6.42 Å². The third-order valence-corrected chi connectivity index (χ3v) is 7.03. The number of anilines is 1. The first-order valence-electron chi connectivity index (χ1n) is 10.3. The van der Waals surface area contributed by atoms with E-state index < -0.39 is 0 Å². The minimum atomic E-state index is 0.277. The monoisotopic (exact) mass is 348 g/mol. The Morgan fingerprint density at radius 1 is 1.00 bits per heavy atom. The van der Waals surface area contributed by atoms with Crippen LogP contribution in [0, 0.1) is 5.92 Å². The molecule has 1 heterocycles. The zero-order valence-corrected chi connectivity index (χ0v) is 15.7. The van der Waals surface area contributed by atoms with E-state index in [0.717, 1.165) is 37.2 Å². The Hall–Kier alpha value is -1.87. The number of hydrogen-bond donors (Lipinski definition) is 0. The molecule has 1 aliphatic heterocycles. The number of rotatable bonds is 3. The maximum atomic E-state index is 12.3. The summed E-state index contributed by atoms with van der Waals surface area (Å²) in [6.07, 6.45) is 6.06. The van der Waals surface area contributed by atoms with Crippen molar-refractivity contribution in [2.45, 2.75) is 45.1 Å². The number of benzene rings is 2. The first kappa shape index (κ1) is 16.3. The second-order valence-electron chi connectivity index (χ2n) is 8.38. The van der Waals surface area contributed by atoms with Gasteiger partial charge < -0.3 is 4.90 Å². The van der Waals surface area contributed by atoms with Gasteiger partial charge in [-0.15, -0.1) is 0 Å². The lowest BCUT2D eigenvalue weighted by molar-refractivity contribution is 0.1000. The van der Waals surface area contributed by atoms with Crippen molar-refractivity contribution in [3.8, 4) is 0 Å². The summed E-state index contributed by atoms with van der Waals surface area (Å²) in [5.74, 6) is 1.20. The molecule has 3 nitrogen and oxygen atoms in total. The van der Waals surface area contributed by atoms with E-state index >= 15 is 0 Å². The molecular weight excluding hydrogens is 320 g/mol. The van der Waals surface area contributed by atoms with Gasteiger partial charge in [-0.3, -0.25) is 9.69 Å². The van der Waals surface area contributed by atoms with Gasteiger partial charge in [0.1, 0.15) is 0 Å². The van der Waals surface area contributed by atoms with Crippen molar-refractivity contribution in [3.63, 3.8) is 0 Å². The summed E-state index contributed by atoms with van der Waals surface area (Å²) >= 11 is 0. The SMILES string of the molecule is CC(C1CCC1)N1CCCN(c2ccc3c4c(cccc24)C(=O)C3)CC1. The largest absolute Gasteiger partial charge is 0.370 e. The number of Topliss-reactive ketones (excluding diaryl/α,β-unsaturated/α-hetero) is 1. The molecule has 1 saturated heterocycles. The van der Waals surface area contributed by atoms with Crippen LogP contribution in [0.25, 0.3) is 10.8 Å². The average molecular weight is 348 g/mol. The summed E-state index contributed by atoms with van der Waals surface area (Å²) in [7, 11) is 0. The zero-order valence-electron chi connectivity index (χ0n) is 15.7. The first-order chi connectivity index (χ1) is 12.7. The van der Waals surface area contributed by atoms with Crippen LogP contribution in [0.5, 0.6) is 0 Å². The van der Waals surface area contributed by atoms with Crippen molar-refractivity contribution >= 4 is 22.2 Å². The molecule has 2 aromatic carbocycles. The Morgan fingerprint density at radius 2 is 1.88 bits per heavy atom. The molecule has 1 unspecified atom stereocenters. The molecule has 2 fully saturated rings. The number of hydrogen-bond acceptors (Lipinski definition) is 3. The van der Waals surface area contributed by atoms with Gasteiger partial charge in [-0.1, -0.05) is 30.7 Å². The van der Waals surface area contributed by atoms with Gasteiger partial charge in [0.05, 0.1) is 0 Å². The number of carbonyl (C=O) groups excluding carboxylic acids is 1. The lowest BCUT2D eigenvalue weighted by atomic mass is 9.80. The number of nitrogens with zero attached hydrogens (tertiary/aromatic N) is 2. The fourth-order valence-corrected chi connectivity index (χ4v) is 5.19. The summed E-state index contributed by atoms with van der Waals surface area (Å²) < 4.78 is 0. The van der Waals surface area contributed by atoms with Crippen LogP contribution in [-0.2, 0) is 6.42 Å². The van der Waals surface area contributed by atoms with Crippen LogP contribution in [0.1, 0.15) is 48.5 Å². The van der Waals surface area contributed by atoms with Gasteiger partial charge in [0.2, 0.25) is 0 Å².